The average molecular weight is 442 g/mol. The maximum absolute atomic E-state index is 12.3. The first kappa shape index (κ1) is 22.3. The maximum atomic E-state index is 12.3. The van der Waals surface area contributed by atoms with E-state index in [0.29, 0.717) is 31.5 Å². The third-order valence-electron chi connectivity index (χ3n) is 4.80. The van der Waals surface area contributed by atoms with E-state index in [4.69, 9.17) is 11.2 Å². The molecule has 9 nitrogen and oxygen atoms in total. The number of thiazole rings is 1. The molecule has 162 valence electrons. The highest BCUT2D eigenvalue weighted by Crippen LogP contribution is 2.30. The van der Waals surface area contributed by atoms with Crippen molar-refractivity contribution in [2.45, 2.75) is 24.9 Å². The second kappa shape index (κ2) is 10.6. The van der Waals surface area contributed by atoms with Gasteiger partial charge in [0.2, 0.25) is 0 Å². The number of aliphatic hydroxyl groups excluding tert-OH is 1. The van der Waals surface area contributed by atoms with Crippen molar-refractivity contribution in [1.29, 1.82) is 0 Å². The van der Waals surface area contributed by atoms with Crippen molar-refractivity contribution in [1.82, 2.24) is 20.7 Å². The Morgan fingerprint density at radius 3 is 2.65 bits per heavy atom. The minimum absolute atomic E-state index is 0.0529. The summed E-state index contributed by atoms with van der Waals surface area (Å²) in [5.41, 5.74) is 5.06. The zero-order valence-electron chi connectivity index (χ0n) is 16.6. The first-order valence-electron chi connectivity index (χ1n) is 9.63. The minimum atomic E-state index is -1.40. The largest absolute Gasteiger partial charge is 0.436 e. The number of nitrogens with one attached hydrogen (secondary N) is 2. The number of amides is 3. The molecule has 1 aliphatic heterocycles. The second-order valence-electron chi connectivity index (χ2n) is 6.85. The molecule has 3 rings (SSSR count). The first-order chi connectivity index (χ1) is 15.0. The monoisotopic (exact) mass is 442 g/mol. The predicted molar refractivity (Wildman–Crippen MR) is 113 cm³/mol. The van der Waals surface area contributed by atoms with Crippen LogP contribution < -0.4 is 10.9 Å². The zero-order chi connectivity index (χ0) is 22.2. The number of aromatic nitrogens is 1. The van der Waals surface area contributed by atoms with E-state index in [0.717, 1.165) is 5.01 Å². The fourth-order valence-electron chi connectivity index (χ4n) is 3.12. The number of hydrogen-bond donors (Lipinski definition) is 3. The van der Waals surface area contributed by atoms with Crippen LogP contribution in [0, 0.1) is 12.3 Å². The van der Waals surface area contributed by atoms with Crippen molar-refractivity contribution in [3.8, 4) is 12.3 Å². The lowest BCUT2D eigenvalue weighted by Gasteiger charge is -2.30. The molecule has 1 saturated heterocycles. The van der Waals surface area contributed by atoms with Crippen LogP contribution in [-0.2, 0) is 9.53 Å². The molecule has 3 N–H and O–H groups in total. The van der Waals surface area contributed by atoms with Gasteiger partial charge in [0.1, 0.15) is 5.69 Å². The summed E-state index contributed by atoms with van der Waals surface area (Å²) in [5.74, 6) is 1.06. The number of rotatable bonds is 5. The Labute approximate surface area is 183 Å². The number of nitrogens with zero attached hydrogens (tertiary/aromatic N) is 2. The molecule has 1 fully saturated rings. The molecule has 0 radical (unpaired) electrons. The third-order valence-corrected chi connectivity index (χ3v) is 5.81. The van der Waals surface area contributed by atoms with E-state index in [9.17, 15) is 19.5 Å². The van der Waals surface area contributed by atoms with Crippen LogP contribution in [0.2, 0.25) is 0 Å². The van der Waals surface area contributed by atoms with Gasteiger partial charge in [-0.2, -0.15) is 0 Å². The second-order valence-corrected chi connectivity index (χ2v) is 7.74. The molecule has 2 heterocycles. The number of piperidine rings is 1. The maximum Gasteiger partial charge on any atom is 0.410 e. The highest BCUT2D eigenvalue weighted by atomic mass is 32.1. The van der Waals surface area contributed by atoms with E-state index >= 15 is 0 Å². The third kappa shape index (κ3) is 5.81. The molecule has 10 heteroatoms. The Bertz CT molecular complexity index is 964. The number of benzene rings is 1. The molecule has 3 amide bonds. The fourth-order valence-corrected chi connectivity index (χ4v) is 4.09. The summed E-state index contributed by atoms with van der Waals surface area (Å²) in [6.45, 7) is 0.980. The van der Waals surface area contributed by atoms with Gasteiger partial charge in [-0.1, -0.05) is 36.3 Å². The Morgan fingerprint density at radius 1 is 1.26 bits per heavy atom. The van der Waals surface area contributed by atoms with Gasteiger partial charge in [0.15, 0.2) is 12.7 Å². The van der Waals surface area contributed by atoms with Gasteiger partial charge in [-0.25, -0.2) is 9.78 Å². The summed E-state index contributed by atoms with van der Waals surface area (Å²) >= 11 is 1.35. The smallest absolute Gasteiger partial charge is 0.410 e. The molecular formula is C21H22N4O5S. The van der Waals surface area contributed by atoms with Gasteiger partial charge in [-0.05, 0) is 18.4 Å². The van der Waals surface area contributed by atoms with Crippen LogP contribution in [0.25, 0.3) is 0 Å². The lowest BCUT2D eigenvalue weighted by molar-refractivity contribution is -0.130. The van der Waals surface area contributed by atoms with Gasteiger partial charge in [-0.15, -0.1) is 17.8 Å². The van der Waals surface area contributed by atoms with Crippen molar-refractivity contribution in [3.63, 3.8) is 0 Å². The number of aliphatic hydroxyl groups is 1. The van der Waals surface area contributed by atoms with Crippen LogP contribution in [0.15, 0.2) is 35.7 Å². The summed E-state index contributed by atoms with van der Waals surface area (Å²) in [6.07, 6.45) is 4.65. The van der Waals surface area contributed by atoms with Crippen LogP contribution in [0.1, 0.15) is 45.9 Å². The summed E-state index contributed by atoms with van der Waals surface area (Å²) in [4.78, 5) is 42.1. The Morgan fingerprint density at radius 2 is 1.97 bits per heavy atom. The van der Waals surface area contributed by atoms with Gasteiger partial charge < -0.3 is 14.7 Å². The van der Waals surface area contributed by atoms with Crippen LogP contribution in [0.3, 0.4) is 0 Å². The van der Waals surface area contributed by atoms with E-state index in [1.54, 1.807) is 40.6 Å². The molecule has 0 spiro atoms. The van der Waals surface area contributed by atoms with Crippen molar-refractivity contribution in [3.05, 3.63) is 52.0 Å². The van der Waals surface area contributed by atoms with Crippen LogP contribution in [-0.4, -0.2) is 52.6 Å². The normalized spacial score (nSPS) is 14.9. The number of likely N-dealkylation sites (tertiary alicyclic amines) is 1. The molecule has 0 bridgehead atoms. The number of ether oxygens (including phenoxy) is 1. The number of carbonyl (C=O) groups excluding carboxylic acids is 3. The lowest BCUT2D eigenvalue weighted by atomic mass is 9.98. The topological polar surface area (TPSA) is 121 Å². The number of hydrogen-bond acceptors (Lipinski definition) is 7. The van der Waals surface area contributed by atoms with Crippen LogP contribution >= 0.6 is 11.3 Å². The van der Waals surface area contributed by atoms with Gasteiger partial charge in [0, 0.05) is 24.4 Å². The average Bonchev–Trinajstić information content (AvgIpc) is 3.31. The summed E-state index contributed by atoms with van der Waals surface area (Å²) in [7, 11) is 0. The van der Waals surface area contributed by atoms with Crippen molar-refractivity contribution in [2.75, 3.05) is 19.7 Å². The van der Waals surface area contributed by atoms with Gasteiger partial charge >= 0.3 is 6.09 Å². The van der Waals surface area contributed by atoms with Gasteiger partial charge in [-0.3, -0.25) is 20.4 Å². The summed E-state index contributed by atoms with van der Waals surface area (Å²) < 4.78 is 4.93. The molecule has 0 saturated carbocycles. The number of hydrazine groups is 1. The van der Waals surface area contributed by atoms with Crippen molar-refractivity contribution >= 4 is 29.2 Å². The van der Waals surface area contributed by atoms with E-state index in [-0.39, 0.29) is 18.2 Å². The molecule has 0 aliphatic carbocycles. The SMILES string of the molecule is C#CCOC(=O)N1CCC(c2nc(C(=O)NNC(=O)C(O)c3ccccc3)cs2)CC1. The quantitative estimate of drug-likeness (QED) is 0.478. The predicted octanol–water partition coefficient (Wildman–Crippen LogP) is 1.59. The Hall–Kier alpha value is -3.42. The van der Waals surface area contributed by atoms with Gasteiger partial charge in [0.25, 0.3) is 11.8 Å². The molecule has 2 aromatic rings. The molecular weight excluding hydrogens is 420 g/mol. The van der Waals surface area contributed by atoms with E-state index < -0.39 is 24.0 Å². The lowest BCUT2D eigenvalue weighted by Crippen LogP contribution is -2.44. The van der Waals surface area contributed by atoms with Crippen molar-refractivity contribution in [2.24, 2.45) is 0 Å². The summed E-state index contributed by atoms with van der Waals surface area (Å²) in [5, 5.41) is 12.4. The first-order valence-corrected chi connectivity index (χ1v) is 10.5. The highest BCUT2D eigenvalue weighted by Gasteiger charge is 2.27. The number of carbonyl (C=O) groups is 3. The fraction of sp³-hybridized carbons (Fsp3) is 0.333. The molecule has 1 aromatic carbocycles. The van der Waals surface area contributed by atoms with Crippen molar-refractivity contribution < 1.29 is 24.2 Å². The van der Waals surface area contributed by atoms with Crippen LogP contribution in [0.4, 0.5) is 4.79 Å². The molecule has 1 unspecified atom stereocenters. The Kier molecular flexibility index (Phi) is 7.59. The summed E-state index contributed by atoms with van der Waals surface area (Å²) in [6, 6.07) is 8.39. The minimum Gasteiger partial charge on any atom is -0.436 e. The number of terminal acetylenes is 1. The van der Waals surface area contributed by atoms with E-state index in [1.165, 1.54) is 11.3 Å². The highest BCUT2D eigenvalue weighted by molar-refractivity contribution is 7.09. The van der Waals surface area contributed by atoms with Crippen LogP contribution in [0.5, 0.6) is 0 Å². The molecule has 1 atom stereocenters. The van der Waals surface area contributed by atoms with E-state index in [1.807, 2.05) is 0 Å². The zero-order valence-corrected chi connectivity index (χ0v) is 17.4. The molecule has 1 aromatic heterocycles. The molecule has 31 heavy (non-hydrogen) atoms. The van der Waals surface area contributed by atoms with Gasteiger partial charge in [0.05, 0.1) is 5.01 Å². The van der Waals surface area contributed by atoms with E-state index in [2.05, 4.69) is 21.8 Å². The molecule has 1 aliphatic rings. The standard InChI is InChI=1S/C21H22N4O5S/c1-2-12-30-21(29)25-10-8-15(9-11-25)20-22-16(13-31-20)18(27)23-24-19(28)17(26)14-6-4-3-5-7-14/h1,3-7,13,15,17,26H,8-12H2,(H,23,27)(H,24,28). The Balaban J connectivity index is 1.48.